The summed E-state index contributed by atoms with van der Waals surface area (Å²) in [6.07, 6.45) is 7.02. The highest BCUT2D eigenvalue weighted by molar-refractivity contribution is 5.33. The summed E-state index contributed by atoms with van der Waals surface area (Å²) in [7, 11) is 1.68. The lowest BCUT2D eigenvalue weighted by Crippen LogP contribution is -2.10. The van der Waals surface area contributed by atoms with Crippen molar-refractivity contribution in [2.75, 3.05) is 5.73 Å². The van der Waals surface area contributed by atoms with Crippen molar-refractivity contribution in [3.63, 3.8) is 0 Å². The van der Waals surface area contributed by atoms with Gasteiger partial charge in [0.25, 0.3) is 0 Å². The maximum absolute atomic E-state index is 13.6. The normalized spacial score (nSPS) is 18.3. The van der Waals surface area contributed by atoms with Gasteiger partial charge < -0.3 is 5.73 Å². The first kappa shape index (κ1) is 10.5. The van der Waals surface area contributed by atoms with Gasteiger partial charge in [0.1, 0.15) is 5.69 Å². The second-order valence-corrected chi connectivity index (χ2v) is 4.48. The van der Waals surface area contributed by atoms with Gasteiger partial charge in [-0.05, 0) is 12.3 Å². The smallest absolute Gasteiger partial charge is 0.188 e. The molecule has 4 heteroatoms. The van der Waals surface area contributed by atoms with Crippen molar-refractivity contribution >= 4 is 5.82 Å². The van der Waals surface area contributed by atoms with E-state index < -0.39 is 0 Å². The molecule has 1 aromatic rings. The number of nitrogens with two attached hydrogens (primary N) is 1. The number of nitrogens with zero attached hydrogens (tertiary/aromatic N) is 2. The lowest BCUT2D eigenvalue weighted by Gasteiger charge is -2.20. The van der Waals surface area contributed by atoms with Crippen molar-refractivity contribution in [3.8, 4) is 0 Å². The fourth-order valence-electron chi connectivity index (χ4n) is 2.36. The topological polar surface area (TPSA) is 43.8 Å². The van der Waals surface area contributed by atoms with Gasteiger partial charge in [0.15, 0.2) is 11.6 Å². The first-order chi connectivity index (χ1) is 7.18. The Morgan fingerprint density at radius 2 is 2.07 bits per heavy atom. The van der Waals surface area contributed by atoms with Gasteiger partial charge in [-0.2, -0.15) is 5.10 Å². The Labute approximate surface area is 89.5 Å². The van der Waals surface area contributed by atoms with Crippen LogP contribution in [0.1, 0.15) is 37.8 Å². The summed E-state index contributed by atoms with van der Waals surface area (Å²) in [5.41, 5.74) is 6.08. The highest BCUT2D eigenvalue weighted by Crippen LogP contribution is 2.28. The highest BCUT2D eigenvalue weighted by atomic mass is 19.1. The van der Waals surface area contributed by atoms with E-state index in [-0.39, 0.29) is 11.6 Å². The molecule has 84 valence electrons. The molecule has 1 fully saturated rings. The quantitative estimate of drug-likeness (QED) is 0.815. The predicted octanol–water partition coefficient (Wildman–Crippen LogP) is 2.26. The number of rotatable bonds is 2. The molecule has 0 aliphatic heterocycles. The fourth-order valence-corrected chi connectivity index (χ4v) is 2.36. The summed E-state index contributed by atoms with van der Waals surface area (Å²) in [5, 5.41) is 4.12. The van der Waals surface area contributed by atoms with E-state index in [1.807, 2.05) is 0 Å². The average Bonchev–Trinajstić information content (AvgIpc) is 2.48. The lowest BCUT2D eigenvalue weighted by molar-refractivity contribution is 0.350. The number of aryl methyl sites for hydroxylation is 1. The van der Waals surface area contributed by atoms with Crippen LogP contribution in [0.2, 0.25) is 0 Å². The molecule has 0 radical (unpaired) electrons. The van der Waals surface area contributed by atoms with Crippen LogP contribution >= 0.6 is 0 Å². The summed E-state index contributed by atoms with van der Waals surface area (Å²) in [5.74, 6) is 0.437. The monoisotopic (exact) mass is 211 g/mol. The zero-order valence-electron chi connectivity index (χ0n) is 9.17. The van der Waals surface area contributed by atoms with Crippen LogP contribution in [0.3, 0.4) is 0 Å². The molecule has 15 heavy (non-hydrogen) atoms. The maximum Gasteiger partial charge on any atom is 0.188 e. The van der Waals surface area contributed by atoms with Gasteiger partial charge in [0.05, 0.1) is 0 Å². The van der Waals surface area contributed by atoms with E-state index in [2.05, 4.69) is 5.10 Å². The van der Waals surface area contributed by atoms with Gasteiger partial charge in [-0.25, -0.2) is 4.39 Å². The third-order valence-corrected chi connectivity index (χ3v) is 3.30. The van der Waals surface area contributed by atoms with Crippen molar-refractivity contribution in [2.24, 2.45) is 13.0 Å². The molecule has 2 rings (SSSR count). The Hall–Kier alpha value is -1.06. The van der Waals surface area contributed by atoms with Crippen molar-refractivity contribution < 1.29 is 4.39 Å². The molecule has 1 heterocycles. The molecule has 1 saturated carbocycles. The van der Waals surface area contributed by atoms with Crippen LogP contribution in [0.15, 0.2) is 0 Å². The molecule has 3 nitrogen and oxygen atoms in total. The molecule has 0 amide bonds. The summed E-state index contributed by atoms with van der Waals surface area (Å²) in [6.45, 7) is 0. The van der Waals surface area contributed by atoms with Crippen LogP contribution in [0.4, 0.5) is 10.2 Å². The predicted molar refractivity (Wildman–Crippen MR) is 57.9 cm³/mol. The first-order valence-electron chi connectivity index (χ1n) is 5.65. The van der Waals surface area contributed by atoms with Crippen LogP contribution in [0, 0.1) is 11.7 Å². The summed E-state index contributed by atoms with van der Waals surface area (Å²) < 4.78 is 15.0. The number of aromatic nitrogens is 2. The van der Waals surface area contributed by atoms with Crippen LogP contribution in [0.25, 0.3) is 0 Å². The van der Waals surface area contributed by atoms with E-state index in [4.69, 9.17) is 5.73 Å². The Balaban J connectivity index is 2.06. The van der Waals surface area contributed by atoms with Crippen LogP contribution in [0.5, 0.6) is 0 Å². The minimum atomic E-state index is -0.317. The molecule has 0 bridgehead atoms. The molecule has 2 N–H and O–H groups in total. The highest BCUT2D eigenvalue weighted by Gasteiger charge is 2.19. The molecule has 0 spiro atoms. The Morgan fingerprint density at radius 3 is 2.60 bits per heavy atom. The van der Waals surface area contributed by atoms with E-state index >= 15 is 0 Å². The van der Waals surface area contributed by atoms with Gasteiger partial charge in [0.2, 0.25) is 0 Å². The van der Waals surface area contributed by atoms with Gasteiger partial charge >= 0.3 is 0 Å². The van der Waals surface area contributed by atoms with Gasteiger partial charge in [-0.15, -0.1) is 0 Å². The van der Waals surface area contributed by atoms with Gasteiger partial charge in [0, 0.05) is 7.05 Å². The summed E-state index contributed by atoms with van der Waals surface area (Å²) >= 11 is 0. The van der Waals surface area contributed by atoms with Crippen LogP contribution in [-0.2, 0) is 13.5 Å². The Bertz CT molecular complexity index is 340. The number of anilines is 1. The van der Waals surface area contributed by atoms with Crippen molar-refractivity contribution in [1.82, 2.24) is 9.78 Å². The molecule has 0 aromatic carbocycles. The second-order valence-electron chi connectivity index (χ2n) is 4.48. The molecule has 1 aliphatic rings. The molecule has 0 atom stereocenters. The maximum atomic E-state index is 13.6. The SMILES string of the molecule is Cn1nc(CC2CCCCC2)c(F)c1N. The largest absolute Gasteiger partial charge is 0.381 e. The second kappa shape index (κ2) is 4.21. The number of halogens is 1. The minimum Gasteiger partial charge on any atom is -0.381 e. The third kappa shape index (κ3) is 2.13. The van der Waals surface area contributed by atoms with Crippen molar-refractivity contribution in [2.45, 2.75) is 38.5 Å². The van der Waals surface area contributed by atoms with Gasteiger partial charge in [-0.1, -0.05) is 32.1 Å². The van der Waals surface area contributed by atoms with Crippen molar-refractivity contribution in [1.29, 1.82) is 0 Å². The fraction of sp³-hybridized carbons (Fsp3) is 0.727. The van der Waals surface area contributed by atoms with E-state index in [9.17, 15) is 4.39 Å². The van der Waals surface area contributed by atoms with E-state index in [0.717, 1.165) is 6.42 Å². The Kier molecular flexibility index (Phi) is 2.93. The number of hydrogen-bond donors (Lipinski definition) is 1. The molecule has 0 unspecified atom stereocenters. The van der Waals surface area contributed by atoms with Crippen LogP contribution < -0.4 is 5.73 Å². The molecular weight excluding hydrogens is 193 g/mol. The Morgan fingerprint density at radius 1 is 1.40 bits per heavy atom. The molecular formula is C11H18FN3. The summed E-state index contributed by atoms with van der Waals surface area (Å²) in [6, 6.07) is 0. The first-order valence-corrected chi connectivity index (χ1v) is 5.65. The van der Waals surface area contributed by atoms with Crippen molar-refractivity contribution in [3.05, 3.63) is 11.5 Å². The zero-order valence-corrected chi connectivity index (χ0v) is 9.17. The third-order valence-electron chi connectivity index (χ3n) is 3.30. The van der Waals surface area contributed by atoms with Gasteiger partial charge in [-0.3, -0.25) is 4.68 Å². The molecule has 1 aromatic heterocycles. The molecule has 1 aliphatic carbocycles. The lowest BCUT2D eigenvalue weighted by atomic mass is 9.86. The average molecular weight is 211 g/mol. The van der Waals surface area contributed by atoms with E-state index in [1.54, 1.807) is 7.05 Å². The van der Waals surface area contributed by atoms with E-state index in [0.29, 0.717) is 11.6 Å². The summed E-state index contributed by atoms with van der Waals surface area (Å²) in [4.78, 5) is 0. The number of nitrogen functional groups attached to an aromatic ring is 1. The molecule has 0 saturated heterocycles. The van der Waals surface area contributed by atoms with Crippen LogP contribution in [-0.4, -0.2) is 9.78 Å². The minimum absolute atomic E-state index is 0.154. The standard InChI is InChI=1S/C11H18FN3/c1-15-11(13)10(12)9(14-15)7-8-5-3-2-4-6-8/h8H,2-7,13H2,1H3. The number of hydrogen-bond acceptors (Lipinski definition) is 2. The zero-order chi connectivity index (χ0) is 10.8. The van der Waals surface area contributed by atoms with E-state index in [1.165, 1.54) is 36.8 Å².